The molecule has 7 nitrogen and oxygen atoms in total. The van der Waals surface area contributed by atoms with Gasteiger partial charge in [-0.1, -0.05) is 0 Å². The topological polar surface area (TPSA) is 104 Å². The standard InChI is InChI=1S/C18H20N2O5S/c1-11(19-20-18(23)15-6-7-25-12(15)2)13-4-5-16(24-3)14(8-13)9-26-10-17(21)22/h4-8H,9-10H2,1-3H3,(H,20,23)(H,21,22)/p-1/b19-11-. The Morgan fingerprint density at radius 3 is 2.73 bits per heavy atom. The summed E-state index contributed by atoms with van der Waals surface area (Å²) in [5, 5.41) is 14.7. The van der Waals surface area contributed by atoms with E-state index in [1.807, 2.05) is 12.1 Å². The summed E-state index contributed by atoms with van der Waals surface area (Å²) in [6.45, 7) is 3.47. The Kier molecular flexibility index (Phi) is 6.85. The number of rotatable bonds is 8. The minimum Gasteiger partial charge on any atom is -0.549 e. The molecule has 138 valence electrons. The van der Waals surface area contributed by atoms with Crippen molar-refractivity contribution in [2.45, 2.75) is 19.6 Å². The van der Waals surface area contributed by atoms with Crippen LogP contribution in [0.1, 0.15) is 34.2 Å². The van der Waals surface area contributed by atoms with Crippen LogP contribution in [0, 0.1) is 6.92 Å². The highest BCUT2D eigenvalue weighted by molar-refractivity contribution is 7.99. The molecule has 0 radical (unpaired) electrons. The van der Waals surface area contributed by atoms with Gasteiger partial charge < -0.3 is 19.1 Å². The summed E-state index contributed by atoms with van der Waals surface area (Å²) < 4.78 is 10.4. The maximum atomic E-state index is 12.1. The Hall–Kier alpha value is -2.74. The zero-order valence-corrected chi connectivity index (χ0v) is 15.5. The summed E-state index contributed by atoms with van der Waals surface area (Å²) >= 11 is 1.22. The first kappa shape index (κ1) is 19.6. The smallest absolute Gasteiger partial charge is 0.274 e. The first-order valence-corrected chi connectivity index (χ1v) is 8.91. The van der Waals surface area contributed by atoms with Gasteiger partial charge in [0, 0.05) is 17.1 Å². The summed E-state index contributed by atoms with van der Waals surface area (Å²) in [4.78, 5) is 22.6. The van der Waals surface area contributed by atoms with E-state index in [-0.39, 0.29) is 11.7 Å². The molecule has 26 heavy (non-hydrogen) atoms. The number of thioether (sulfide) groups is 1. The molecule has 0 atom stereocenters. The molecule has 1 amide bonds. The van der Waals surface area contributed by atoms with E-state index < -0.39 is 5.97 Å². The number of carbonyl (C=O) groups is 2. The van der Waals surface area contributed by atoms with Gasteiger partial charge in [0.15, 0.2) is 0 Å². The Balaban J connectivity index is 2.12. The number of aliphatic carboxylic acids is 1. The van der Waals surface area contributed by atoms with E-state index in [1.165, 1.54) is 18.0 Å². The molecule has 8 heteroatoms. The van der Waals surface area contributed by atoms with Gasteiger partial charge in [-0.25, -0.2) is 5.43 Å². The number of hydrogen-bond donors (Lipinski definition) is 1. The Morgan fingerprint density at radius 2 is 2.12 bits per heavy atom. The molecule has 0 saturated heterocycles. The number of benzene rings is 1. The van der Waals surface area contributed by atoms with Crippen LogP contribution < -0.4 is 15.3 Å². The van der Waals surface area contributed by atoms with Gasteiger partial charge in [-0.3, -0.25) is 4.79 Å². The molecule has 1 aromatic carbocycles. The first-order chi connectivity index (χ1) is 12.4. The first-order valence-electron chi connectivity index (χ1n) is 7.76. The van der Waals surface area contributed by atoms with Crippen molar-refractivity contribution >= 4 is 29.4 Å². The van der Waals surface area contributed by atoms with E-state index in [0.29, 0.717) is 28.5 Å². The maximum Gasteiger partial charge on any atom is 0.274 e. The van der Waals surface area contributed by atoms with Crippen LogP contribution in [-0.4, -0.2) is 30.5 Å². The molecule has 1 aromatic heterocycles. The van der Waals surface area contributed by atoms with Crippen LogP contribution in [0.4, 0.5) is 0 Å². The van der Waals surface area contributed by atoms with Crippen LogP contribution in [0.15, 0.2) is 40.0 Å². The van der Waals surface area contributed by atoms with Gasteiger partial charge in [0.1, 0.15) is 11.5 Å². The lowest BCUT2D eigenvalue weighted by molar-refractivity contribution is -0.301. The molecule has 0 unspecified atom stereocenters. The van der Waals surface area contributed by atoms with Crippen molar-refractivity contribution in [3.8, 4) is 5.75 Å². The van der Waals surface area contributed by atoms with Crippen molar-refractivity contribution in [3.05, 3.63) is 53.0 Å². The molecule has 1 N–H and O–H groups in total. The van der Waals surface area contributed by atoms with Gasteiger partial charge >= 0.3 is 0 Å². The molecular weight excluding hydrogens is 356 g/mol. The third-order valence-electron chi connectivity index (χ3n) is 3.60. The third kappa shape index (κ3) is 5.13. The van der Waals surface area contributed by atoms with E-state index in [9.17, 15) is 14.7 Å². The number of carbonyl (C=O) groups excluding carboxylic acids is 2. The number of nitrogens with zero attached hydrogens (tertiary/aromatic N) is 1. The number of carboxylic acids is 1. The van der Waals surface area contributed by atoms with Gasteiger partial charge in [0.2, 0.25) is 0 Å². The highest BCUT2D eigenvalue weighted by Crippen LogP contribution is 2.24. The van der Waals surface area contributed by atoms with Crippen LogP contribution in [0.2, 0.25) is 0 Å². The minimum absolute atomic E-state index is 0.0967. The Bertz CT molecular complexity index is 829. The van der Waals surface area contributed by atoms with E-state index in [2.05, 4.69) is 10.5 Å². The summed E-state index contributed by atoms with van der Waals surface area (Å²) in [6.07, 6.45) is 1.45. The monoisotopic (exact) mass is 375 g/mol. The lowest BCUT2D eigenvalue weighted by Crippen LogP contribution is -2.24. The van der Waals surface area contributed by atoms with E-state index in [0.717, 1.165) is 11.1 Å². The largest absolute Gasteiger partial charge is 0.549 e. The minimum atomic E-state index is -1.11. The van der Waals surface area contributed by atoms with Crippen LogP contribution in [-0.2, 0) is 10.5 Å². The van der Waals surface area contributed by atoms with Gasteiger partial charge in [-0.2, -0.15) is 16.9 Å². The second-order valence-electron chi connectivity index (χ2n) is 5.42. The summed E-state index contributed by atoms with van der Waals surface area (Å²) in [5.41, 5.74) is 5.16. The number of amides is 1. The zero-order valence-electron chi connectivity index (χ0n) is 14.7. The highest BCUT2D eigenvalue weighted by atomic mass is 32.2. The van der Waals surface area contributed by atoms with E-state index >= 15 is 0 Å². The average Bonchev–Trinajstić information content (AvgIpc) is 3.05. The fourth-order valence-electron chi connectivity index (χ4n) is 2.24. The number of carboxylic acid groups (broad SMARTS) is 1. The maximum absolute atomic E-state index is 12.1. The van der Waals surface area contributed by atoms with Crippen molar-refractivity contribution in [1.29, 1.82) is 0 Å². The van der Waals surface area contributed by atoms with Crippen molar-refractivity contribution in [2.24, 2.45) is 5.10 Å². The molecule has 2 aromatic rings. The normalized spacial score (nSPS) is 11.3. The molecule has 0 saturated carbocycles. The Labute approximate surface area is 155 Å². The van der Waals surface area contributed by atoms with Crippen LogP contribution in [0.3, 0.4) is 0 Å². The molecule has 0 aliphatic rings. The zero-order chi connectivity index (χ0) is 19.1. The van der Waals surface area contributed by atoms with Crippen molar-refractivity contribution in [2.75, 3.05) is 12.9 Å². The Morgan fingerprint density at radius 1 is 1.35 bits per heavy atom. The summed E-state index contributed by atoms with van der Waals surface area (Å²) in [5.74, 6) is 0.0748. The lowest BCUT2D eigenvalue weighted by Gasteiger charge is -2.11. The number of aryl methyl sites for hydroxylation is 1. The third-order valence-corrected chi connectivity index (χ3v) is 4.56. The summed E-state index contributed by atoms with van der Waals surface area (Å²) in [7, 11) is 1.55. The van der Waals surface area contributed by atoms with Gasteiger partial charge in [-0.15, -0.1) is 0 Å². The highest BCUT2D eigenvalue weighted by Gasteiger charge is 2.11. The van der Waals surface area contributed by atoms with Crippen LogP contribution in [0.25, 0.3) is 0 Å². The number of hydrogen-bond acceptors (Lipinski definition) is 7. The number of ether oxygens (including phenoxy) is 1. The molecule has 0 aliphatic carbocycles. The van der Waals surface area contributed by atoms with Crippen LogP contribution >= 0.6 is 11.8 Å². The predicted octanol–water partition coefficient (Wildman–Crippen LogP) is 1.73. The van der Waals surface area contributed by atoms with Crippen molar-refractivity contribution in [1.82, 2.24) is 5.43 Å². The molecular formula is C18H19N2O5S-. The van der Waals surface area contributed by atoms with Gasteiger partial charge in [-0.05, 0) is 43.7 Å². The second-order valence-corrected chi connectivity index (χ2v) is 6.41. The molecule has 0 aliphatic heterocycles. The second kappa shape index (κ2) is 9.10. The number of nitrogens with one attached hydrogen (secondary N) is 1. The number of hydrazone groups is 1. The van der Waals surface area contributed by atoms with Crippen molar-refractivity contribution < 1.29 is 23.8 Å². The molecule has 0 fully saturated rings. The van der Waals surface area contributed by atoms with Crippen molar-refractivity contribution in [3.63, 3.8) is 0 Å². The fourth-order valence-corrected chi connectivity index (χ4v) is 2.95. The molecule has 0 spiro atoms. The number of furan rings is 1. The van der Waals surface area contributed by atoms with E-state index in [1.54, 1.807) is 33.1 Å². The molecule has 0 bridgehead atoms. The lowest BCUT2D eigenvalue weighted by atomic mass is 10.1. The predicted molar refractivity (Wildman–Crippen MR) is 97.3 cm³/mol. The van der Waals surface area contributed by atoms with Crippen LogP contribution in [0.5, 0.6) is 5.75 Å². The molecule has 2 rings (SSSR count). The average molecular weight is 375 g/mol. The quantitative estimate of drug-likeness (QED) is 0.557. The summed E-state index contributed by atoms with van der Waals surface area (Å²) in [6, 6.07) is 7.04. The van der Waals surface area contributed by atoms with E-state index in [4.69, 9.17) is 9.15 Å². The van der Waals surface area contributed by atoms with Gasteiger partial charge in [0.05, 0.1) is 30.6 Å². The SMILES string of the molecule is COc1ccc(/C(C)=N\NC(=O)c2ccoc2C)cc1CSCC(=O)[O-]. The fraction of sp³-hybridized carbons (Fsp3) is 0.278. The molecule has 1 heterocycles. The van der Waals surface area contributed by atoms with Gasteiger partial charge in [0.25, 0.3) is 5.91 Å². The number of methoxy groups -OCH3 is 1.